The van der Waals surface area contributed by atoms with Crippen molar-refractivity contribution in [2.24, 2.45) is 4.99 Å². The SMILES string of the molecule is COC(=O)C/N=C(\c1cc(Cl)c(-c2ccccc2F)nc1Nc1c(C)ccnc1C(C)C)N1C[C@@H](C)N(C(=O)O)C[C@@H]1C. The number of carboxylic acid groups (broad SMARTS) is 1. The number of carbonyl (C=O) groups excluding carboxylic acids is 1. The average molecular weight is 611 g/mol. The molecular formula is C31H36ClFN6O4. The number of hydrogen-bond acceptors (Lipinski definition) is 7. The molecule has 4 rings (SSSR count). The molecule has 3 heterocycles. The van der Waals surface area contributed by atoms with Gasteiger partial charge in [0.15, 0.2) is 0 Å². The van der Waals surface area contributed by atoms with Crippen molar-refractivity contribution in [2.75, 3.05) is 32.1 Å². The first-order valence-electron chi connectivity index (χ1n) is 14.0. The van der Waals surface area contributed by atoms with Crippen molar-refractivity contribution in [3.05, 3.63) is 70.3 Å². The highest BCUT2D eigenvalue weighted by atomic mass is 35.5. The van der Waals surface area contributed by atoms with E-state index in [1.807, 2.05) is 45.6 Å². The largest absolute Gasteiger partial charge is 0.468 e. The Morgan fingerprint density at radius 2 is 1.86 bits per heavy atom. The minimum atomic E-state index is -1.01. The number of benzene rings is 1. The first-order chi connectivity index (χ1) is 20.4. The first-order valence-corrected chi connectivity index (χ1v) is 14.4. The van der Waals surface area contributed by atoms with Crippen molar-refractivity contribution in [2.45, 2.75) is 52.6 Å². The molecule has 1 aromatic carbocycles. The number of amidine groups is 1. The van der Waals surface area contributed by atoms with Crippen LogP contribution in [0.5, 0.6) is 0 Å². The molecule has 0 unspecified atom stereocenters. The van der Waals surface area contributed by atoms with Crippen LogP contribution >= 0.6 is 11.6 Å². The lowest BCUT2D eigenvalue weighted by Crippen LogP contribution is -2.59. The maximum Gasteiger partial charge on any atom is 0.407 e. The third kappa shape index (κ3) is 6.88. The van der Waals surface area contributed by atoms with Gasteiger partial charge in [-0.3, -0.25) is 14.8 Å². The second-order valence-corrected chi connectivity index (χ2v) is 11.3. The lowest BCUT2D eigenvalue weighted by molar-refractivity contribution is -0.138. The Morgan fingerprint density at radius 3 is 2.51 bits per heavy atom. The van der Waals surface area contributed by atoms with Crippen LogP contribution in [0.15, 0.2) is 47.6 Å². The van der Waals surface area contributed by atoms with E-state index in [1.165, 1.54) is 18.1 Å². The number of anilines is 2. The first kappa shape index (κ1) is 31.7. The van der Waals surface area contributed by atoms with Crippen LogP contribution in [0, 0.1) is 12.7 Å². The molecule has 0 radical (unpaired) electrons. The number of esters is 1. The summed E-state index contributed by atoms with van der Waals surface area (Å²) in [6.45, 7) is 9.92. The molecule has 1 amide bonds. The van der Waals surface area contributed by atoms with E-state index in [-0.39, 0.29) is 47.4 Å². The molecule has 43 heavy (non-hydrogen) atoms. The number of pyridine rings is 2. The molecule has 12 heteroatoms. The molecule has 1 fully saturated rings. The molecular weight excluding hydrogens is 575 g/mol. The molecule has 0 spiro atoms. The van der Waals surface area contributed by atoms with E-state index in [9.17, 15) is 19.1 Å². The Labute approximate surface area is 255 Å². The molecule has 10 nitrogen and oxygen atoms in total. The lowest BCUT2D eigenvalue weighted by atomic mass is 10.0. The van der Waals surface area contributed by atoms with Gasteiger partial charge in [0.25, 0.3) is 0 Å². The van der Waals surface area contributed by atoms with Crippen LogP contribution in [-0.2, 0) is 9.53 Å². The number of nitrogens with one attached hydrogen (secondary N) is 1. The number of carbonyl (C=O) groups is 2. The molecule has 0 saturated carbocycles. The van der Waals surface area contributed by atoms with E-state index in [0.717, 1.165) is 16.9 Å². The summed E-state index contributed by atoms with van der Waals surface area (Å²) in [6, 6.07) is 9.07. The predicted octanol–water partition coefficient (Wildman–Crippen LogP) is 6.10. The van der Waals surface area contributed by atoms with Crippen LogP contribution in [0.1, 0.15) is 50.4 Å². The Balaban J connectivity index is 1.96. The molecule has 2 aromatic heterocycles. The Morgan fingerprint density at radius 1 is 1.19 bits per heavy atom. The minimum Gasteiger partial charge on any atom is -0.468 e. The van der Waals surface area contributed by atoms with E-state index in [0.29, 0.717) is 23.8 Å². The van der Waals surface area contributed by atoms with Crippen LogP contribution in [0.25, 0.3) is 11.3 Å². The molecule has 0 bridgehead atoms. The number of aromatic nitrogens is 2. The van der Waals surface area contributed by atoms with E-state index in [4.69, 9.17) is 21.3 Å². The number of nitrogens with zero attached hydrogens (tertiary/aromatic N) is 5. The third-order valence-corrected chi connectivity index (χ3v) is 7.70. The van der Waals surface area contributed by atoms with Gasteiger partial charge in [0.05, 0.1) is 34.8 Å². The highest BCUT2D eigenvalue weighted by Gasteiger charge is 2.35. The molecule has 3 aromatic rings. The summed E-state index contributed by atoms with van der Waals surface area (Å²) in [6.07, 6.45) is 0.729. The topological polar surface area (TPSA) is 120 Å². The van der Waals surface area contributed by atoms with E-state index in [1.54, 1.807) is 30.5 Å². The molecule has 2 atom stereocenters. The van der Waals surface area contributed by atoms with Gasteiger partial charge < -0.3 is 25.0 Å². The van der Waals surface area contributed by atoms with Gasteiger partial charge in [-0.2, -0.15) is 0 Å². The Kier molecular flexibility index (Phi) is 9.85. The van der Waals surface area contributed by atoms with Crippen LogP contribution in [0.4, 0.5) is 20.7 Å². The highest BCUT2D eigenvalue weighted by molar-refractivity contribution is 6.33. The molecule has 1 aliphatic rings. The predicted molar refractivity (Wildman–Crippen MR) is 165 cm³/mol. The van der Waals surface area contributed by atoms with Crippen molar-refractivity contribution in [3.63, 3.8) is 0 Å². The third-order valence-electron chi connectivity index (χ3n) is 7.41. The Bertz CT molecular complexity index is 1550. The second-order valence-electron chi connectivity index (χ2n) is 10.9. The quantitative estimate of drug-likeness (QED) is 0.187. The van der Waals surface area contributed by atoms with Crippen molar-refractivity contribution in [1.29, 1.82) is 0 Å². The number of aliphatic imine (C=N–C) groups is 1. The van der Waals surface area contributed by atoms with Gasteiger partial charge in [-0.05, 0) is 56.5 Å². The van der Waals surface area contributed by atoms with Crippen LogP contribution in [-0.4, -0.2) is 81.6 Å². The smallest absolute Gasteiger partial charge is 0.407 e. The van der Waals surface area contributed by atoms with Crippen LogP contribution in [0.3, 0.4) is 0 Å². The fourth-order valence-corrected chi connectivity index (χ4v) is 5.37. The van der Waals surface area contributed by atoms with E-state index >= 15 is 0 Å². The number of amides is 1. The van der Waals surface area contributed by atoms with Gasteiger partial charge in [-0.25, -0.2) is 14.2 Å². The summed E-state index contributed by atoms with van der Waals surface area (Å²) in [5.41, 5.74) is 3.36. The van der Waals surface area contributed by atoms with Crippen molar-refractivity contribution in [1.82, 2.24) is 19.8 Å². The molecule has 228 valence electrons. The van der Waals surface area contributed by atoms with E-state index in [2.05, 4.69) is 15.3 Å². The van der Waals surface area contributed by atoms with Gasteiger partial charge in [-0.1, -0.05) is 37.6 Å². The molecule has 1 saturated heterocycles. The summed E-state index contributed by atoms with van der Waals surface area (Å²) in [4.78, 5) is 41.5. The van der Waals surface area contributed by atoms with Crippen molar-refractivity contribution >= 4 is 41.0 Å². The maximum absolute atomic E-state index is 15.0. The van der Waals surface area contributed by atoms with Gasteiger partial charge in [0.2, 0.25) is 0 Å². The number of hydrogen-bond donors (Lipinski definition) is 2. The average Bonchev–Trinajstić information content (AvgIpc) is 2.96. The molecule has 1 aliphatic heterocycles. The number of aryl methyl sites for hydroxylation is 1. The number of rotatable bonds is 7. The van der Waals surface area contributed by atoms with Gasteiger partial charge in [0, 0.05) is 36.9 Å². The lowest BCUT2D eigenvalue weighted by Gasteiger charge is -2.44. The van der Waals surface area contributed by atoms with E-state index < -0.39 is 17.9 Å². The summed E-state index contributed by atoms with van der Waals surface area (Å²) in [7, 11) is 1.28. The van der Waals surface area contributed by atoms with Crippen LogP contribution in [0.2, 0.25) is 5.02 Å². The summed E-state index contributed by atoms with van der Waals surface area (Å²) in [5.74, 6) is -0.266. The zero-order chi connectivity index (χ0) is 31.4. The van der Waals surface area contributed by atoms with Crippen LogP contribution < -0.4 is 5.32 Å². The minimum absolute atomic E-state index is 0.0709. The summed E-state index contributed by atoms with van der Waals surface area (Å²) < 4.78 is 19.8. The van der Waals surface area contributed by atoms with Crippen molar-refractivity contribution < 1.29 is 23.8 Å². The molecule has 2 N–H and O–H groups in total. The number of piperazine rings is 1. The van der Waals surface area contributed by atoms with Gasteiger partial charge in [-0.15, -0.1) is 0 Å². The molecule has 0 aliphatic carbocycles. The fraction of sp³-hybridized carbons (Fsp3) is 0.387. The maximum atomic E-state index is 15.0. The standard InChI is InChI=1S/C31H36ClFN6O4/c1-17(2)26-27(18(3)11-12-34-26)36-29-22(13-23(32)28(37-29)21-9-7-8-10-24(21)33)30(35-14-25(40)43-6)38-15-20(5)39(31(41)42)16-19(38)4/h7-13,17,19-20H,14-16H2,1-6H3,(H,36,37)(H,41,42)/b35-30+/t19-,20+/m0/s1. The van der Waals surface area contributed by atoms with Gasteiger partial charge >= 0.3 is 12.1 Å². The zero-order valence-corrected chi connectivity index (χ0v) is 25.8. The summed E-state index contributed by atoms with van der Waals surface area (Å²) >= 11 is 6.81. The second kappa shape index (κ2) is 13.4. The monoisotopic (exact) mass is 610 g/mol. The number of methoxy groups -OCH3 is 1. The number of halogens is 2. The number of ether oxygens (including phenoxy) is 1. The summed E-state index contributed by atoms with van der Waals surface area (Å²) in [5, 5.41) is 13.3. The normalized spacial score (nSPS) is 17.3. The highest BCUT2D eigenvalue weighted by Crippen LogP contribution is 2.36. The zero-order valence-electron chi connectivity index (χ0n) is 25.1. The van der Waals surface area contributed by atoms with Crippen molar-refractivity contribution in [3.8, 4) is 11.3 Å². The Hall–Kier alpha value is -4.25. The fourth-order valence-electron chi connectivity index (χ4n) is 5.12. The van der Waals surface area contributed by atoms with Gasteiger partial charge in [0.1, 0.15) is 24.0 Å².